The Kier molecular flexibility index (Phi) is 6.61. The SMILES string of the molecule is CCc1ccc(C2NC(=O)N(Cc3cccc(Cl)c3)C(C)=C2c2nc(-c3ccc(C)cc3)no2)cc1. The molecule has 3 aromatic carbocycles. The maximum atomic E-state index is 13.3. The van der Waals surface area contributed by atoms with E-state index in [0.29, 0.717) is 23.3 Å². The van der Waals surface area contributed by atoms with Gasteiger partial charge in [-0.15, -0.1) is 0 Å². The number of hydrogen-bond acceptors (Lipinski definition) is 4. The normalized spacial score (nSPS) is 15.8. The quantitative estimate of drug-likeness (QED) is 0.312. The first-order chi connectivity index (χ1) is 17.4. The van der Waals surface area contributed by atoms with Crippen LogP contribution in [0.2, 0.25) is 5.02 Å². The van der Waals surface area contributed by atoms with E-state index >= 15 is 0 Å². The predicted octanol–water partition coefficient (Wildman–Crippen LogP) is 6.96. The number of nitrogens with zero attached hydrogens (tertiary/aromatic N) is 3. The lowest BCUT2D eigenvalue weighted by Gasteiger charge is -2.35. The number of amides is 2. The molecule has 36 heavy (non-hydrogen) atoms. The van der Waals surface area contributed by atoms with E-state index in [1.165, 1.54) is 5.56 Å². The number of carbonyl (C=O) groups excluding carboxylic acids is 1. The smallest absolute Gasteiger partial charge is 0.322 e. The number of hydrogen-bond donors (Lipinski definition) is 1. The van der Waals surface area contributed by atoms with Gasteiger partial charge in [0.15, 0.2) is 0 Å². The summed E-state index contributed by atoms with van der Waals surface area (Å²) >= 11 is 6.19. The van der Waals surface area contributed by atoms with Crippen molar-refractivity contribution >= 4 is 23.2 Å². The Hall–Kier alpha value is -3.90. The molecule has 0 spiro atoms. The van der Waals surface area contributed by atoms with Gasteiger partial charge in [-0.3, -0.25) is 4.90 Å². The molecule has 0 fully saturated rings. The molecule has 7 heteroatoms. The third kappa shape index (κ3) is 4.77. The van der Waals surface area contributed by atoms with E-state index < -0.39 is 6.04 Å². The van der Waals surface area contributed by atoms with Crippen molar-refractivity contribution in [1.29, 1.82) is 0 Å². The van der Waals surface area contributed by atoms with Crippen molar-refractivity contribution in [2.75, 3.05) is 0 Å². The largest absolute Gasteiger partial charge is 0.334 e. The van der Waals surface area contributed by atoms with E-state index in [0.717, 1.165) is 39.9 Å². The molecule has 2 amide bonds. The molecule has 0 radical (unpaired) electrons. The highest BCUT2D eigenvalue weighted by Gasteiger charge is 2.35. The lowest BCUT2D eigenvalue weighted by molar-refractivity contribution is 0.203. The van der Waals surface area contributed by atoms with Crippen LogP contribution in [0.4, 0.5) is 4.79 Å². The zero-order chi connectivity index (χ0) is 25.2. The van der Waals surface area contributed by atoms with Crippen molar-refractivity contribution < 1.29 is 9.32 Å². The molecule has 182 valence electrons. The van der Waals surface area contributed by atoms with Gasteiger partial charge in [0.1, 0.15) is 0 Å². The highest BCUT2D eigenvalue weighted by atomic mass is 35.5. The molecule has 1 aliphatic rings. The lowest BCUT2D eigenvalue weighted by atomic mass is 9.93. The third-order valence-corrected chi connectivity index (χ3v) is 6.75. The Balaban J connectivity index is 1.59. The van der Waals surface area contributed by atoms with Crippen LogP contribution < -0.4 is 5.32 Å². The summed E-state index contributed by atoms with van der Waals surface area (Å²) in [5.74, 6) is 0.882. The molecule has 0 saturated heterocycles. The number of rotatable bonds is 6. The molecule has 2 heterocycles. The minimum Gasteiger partial charge on any atom is -0.334 e. The molecular weight excluding hydrogens is 472 g/mol. The second-order valence-corrected chi connectivity index (χ2v) is 9.42. The first-order valence-electron chi connectivity index (χ1n) is 12.0. The van der Waals surface area contributed by atoms with Crippen LogP contribution >= 0.6 is 11.6 Å². The fourth-order valence-electron chi connectivity index (χ4n) is 4.42. The van der Waals surface area contributed by atoms with Gasteiger partial charge < -0.3 is 9.84 Å². The summed E-state index contributed by atoms with van der Waals surface area (Å²) in [4.78, 5) is 19.7. The van der Waals surface area contributed by atoms with Crippen molar-refractivity contribution in [3.8, 4) is 11.4 Å². The Bertz CT molecular complexity index is 1420. The molecule has 1 aliphatic heterocycles. The number of nitrogens with one attached hydrogen (secondary N) is 1. The summed E-state index contributed by atoms with van der Waals surface area (Å²) in [5, 5.41) is 8.04. The zero-order valence-corrected chi connectivity index (χ0v) is 21.2. The maximum Gasteiger partial charge on any atom is 0.322 e. The van der Waals surface area contributed by atoms with Gasteiger partial charge in [0, 0.05) is 16.3 Å². The van der Waals surface area contributed by atoms with Gasteiger partial charge in [0.25, 0.3) is 5.89 Å². The average Bonchev–Trinajstić information content (AvgIpc) is 3.36. The molecule has 1 N–H and O–H groups in total. The summed E-state index contributed by atoms with van der Waals surface area (Å²) in [6, 6.07) is 23.1. The van der Waals surface area contributed by atoms with Gasteiger partial charge in [-0.1, -0.05) is 89.9 Å². The monoisotopic (exact) mass is 498 g/mol. The van der Waals surface area contributed by atoms with E-state index in [9.17, 15) is 4.79 Å². The summed E-state index contributed by atoms with van der Waals surface area (Å²) in [7, 11) is 0. The highest BCUT2D eigenvalue weighted by molar-refractivity contribution is 6.30. The number of allylic oxidation sites excluding steroid dienone is 1. The second kappa shape index (κ2) is 9.99. The first kappa shape index (κ1) is 23.8. The molecule has 6 nitrogen and oxygen atoms in total. The summed E-state index contributed by atoms with van der Waals surface area (Å²) in [5.41, 5.74) is 6.65. The molecule has 5 rings (SSSR count). The standard InChI is InChI=1S/C29H27ClN4O2/c1-4-20-10-14-22(15-11-20)26-25(28-32-27(33-36-28)23-12-8-18(2)9-13-23)19(3)34(29(35)31-26)17-21-6-5-7-24(30)16-21/h5-16,26H,4,17H2,1-3H3,(H,31,35). The van der Waals surface area contributed by atoms with E-state index in [-0.39, 0.29) is 6.03 Å². The lowest BCUT2D eigenvalue weighted by Crippen LogP contribution is -2.45. The van der Waals surface area contributed by atoms with Gasteiger partial charge >= 0.3 is 6.03 Å². The Morgan fingerprint density at radius 2 is 1.75 bits per heavy atom. The van der Waals surface area contributed by atoms with Gasteiger partial charge in [0.2, 0.25) is 5.82 Å². The van der Waals surface area contributed by atoms with Gasteiger partial charge in [-0.25, -0.2) is 4.79 Å². The van der Waals surface area contributed by atoms with Crippen LogP contribution in [-0.2, 0) is 13.0 Å². The molecular formula is C29H27ClN4O2. The zero-order valence-electron chi connectivity index (χ0n) is 20.5. The summed E-state index contributed by atoms with van der Waals surface area (Å²) < 4.78 is 5.79. The third-order valence-electron chi connectivity index (χ3n) is 6.51. The Labute approximate surface area is 215 Å². The predicted molar refractivity (Wildman–Crippen MR) is 141 cm³/mol. The van der Waals surface area contributed by atoms with Crippen LogP contribution in [-0.4, -0.2) is 21.1 Å². The van der Waals surface area contributed by atoms with Crippen molar-refractivity contribution in [3.63, 3.8) is 0 Å². The van der Waals surface area contributed by atoms with Crippen molar-refractivity contribution in [2.45, 2.75) is 39.8 Å². The van der Waals surface area contributed by atoms with Gasteiger partial charge in [-0.05, 0) is 49.1 Å². The average molecular weight is 499 g/mol. The Morgan fingerprint density at radius 3 is 2.44 bits per heavy atom. The highest BCUT2D eigenvalue weighted by Crippen LogP contribution is 2.38. The minimum atomic E-state index is -0.426. The first-order valence-corrected chi connectivity index (χ1v) is 12.3. The fraction of sp³-hybridized carbons (Fsp3) is 0.207. The molecule has 0 aliphatic carbocycles. The van der Waals surface area contributed by atoms with E-state index in [4.69, 9.17) is 21.1 Å². The van der Waals surface area contributed by atoms with E-state index in [1.807, 2.05) is 74.5 Å². The van der Waals surface area contributed by atoms with Crippen LogP contribution in [0.5, 0.6) is 0 Å². The topological polar surface area (TPSA) is 71.3 Å². The molecule has 0 saturated carbocycles. The number of aromatic nitrogens is 2. The van der Waals surface area contributed by atoms with Crippen molar-refractivity contribution in [3.05, 3.63) is 112 Å². The van der Waals surface area contributed by atoms with Gasteiger partial charge in [0.05, 0.1) is 18.2 Å². The summed E-state index contributed by atoms with van der Waals surface area (Å²) in [6.45, 7) is 6.43. The minimum absolute atomic E-state index is 0.195. The Morgan fingerprint density at radius 1 is 1.00 bits per heavy atom. The van der Waals surface area contributed by atoms with Crippen molar-refractivity contribution in [1.82, 2.24) is 20.4 Å². The number of aryl methyl sites for hydroxylation is 2. The molecule has 4 aromatic rings. The molecule has 1 atom stereocenters. The van der Waals surface area contributed by atoms with Crippen molar-refractivity contribution in [2.24, 2.45) is 0 Å². The summed E-state index contributed by atoms with van der Waals surface area (Å²) in [6.07, 6.45) is 0.940. The van der Waals surface area contributed by atoms with Crippen LogP contribution in [0, 0.1) is 6.92 Å². The fourth-order valence-corrected chi connectivity index (χ4v) is 4.63. The van der Waals surface area contributed by atoms with Crippen LogP contribution in [0.25, 0.3) is 17.0 Å². The molecule has 1 aromatic heterocycles. The van der Waals surface area contributed by atoms with Gasteiger partial charge in [-0.2, -0.15) is 4.98 Å². The number of halogens is 1. The number of benzene rings is 3. The van der Waals surface area contributed by atoms with E-state index in [1.54, 1.807) is 4.90 Å². The number of carbonyl (C=O) groups is 1. The number of urea groups is 1. The van der Waals surface area contributed by atoms with Crippen LogP contribution in [0.15, 0.2) is 83.0 Å². The maximum absolute atomic E-state index is 13.3. The molecule has 0 bridgehead atoms. The van der Waals surface area contributed by atoms with E-state index in [2.05, 4.69) is 29.5 Å². The second-order valence-electron chi connectivity index (χ2n) is 8.98. The van der Waals surface area contributed by atoms with Crippen LogP contribution in [0.1, 0.15) is 48.0 Å². The van der Waals surface area contributed by atoms with Crippen LogP contribution in [0.3, 0.4) is 0 Å². The molecule has 1 unspecified atom stereocenters.